The van der Waals surface area contributed by atoms with Gasteiger partial charge in [-0.25, -0.2) is 0 Å². The predicted molar refractivity (Wildman–Crippen MR) is 49.8 cm³/mol. The van der Waals surface area contributed by atoms with Crippen molar-refractivity contribution in [3.05, 3.63) is 22.2 Å². The van der Waals surface area contributed by atoms with E-state index in [0.717, 1.165) is 6.08 Å². The average Bonchev–Trinajstić information content (AvgIpc) is 1.96. The first-order chi connectivity index (χ1) is 5.85. The summed E-state index contributed by atoms with van der Waals surface area (Å²) in [5.41, 5.74) is 0. The van der Waals surface area contributed by atoms with E-state index in [9.17, 15) is 9.90 Å². The molecule has 0 saturated heterocycles. The Bertz CT molecular complexity index is 306. The number of carbonyl (C=O) groups is 1. The first-order valence-electron chi connectivity index (χ1n) is 3.24. The van der Waals surface area contributed by atoms with Gasteiger partial charge in [0, 0.05) is 5.03 Å². The highest BCUT2D eigenvalue weighted by atomic mass is 35.5. The van der Waals surface area contributed by atoms with Gasteiger partial charge < -0.3 is 10.2 Å². The Morgan fingerprint density at radius 3 is 2.54 bits per heavy atom. The van der Waals surface area contributed by atoms with Gasteiger partial charge in [0.05, 0.1) is 5.03 Å². The molecule has 3 nitrogen and oxygen atoms in total. The predicted octanol–water partition coefficient (Wildman–Crippen LogP) is 1.87. The molecule has 2 unspecified atom stereocenters. The van der Waals surface area contributed by atoms with Crippen molar-refractivity contribution in [1.29, 1.82) is 0 Å². The summed E-state index contributed by atoms with van der Waals surface area (Å²) in [6.07, 6.45) is 2.33. The summed E-state index contributed by atoms with van der Waals surface area (Å²) in [6, 6.07) is 0. The zero-order valence-electron chi connectivity index (χ0n) is 6.17. The third kappa shape index (κ3) is 1.99. The summed E-state index contributed by atoms with van der Waals surface area (Å²) < 4.78 is 0. The van der Waals surface area contributed by atoms with Crippen LogP contribution in [0.4, 0.5) is 0 Å². The highest BCUT2D eigenvalue weighted by Crippen LogP contribution is 2.39. The second-order valence-corrected chi connectivity index (χ2v) is 3.95. The molecule has 2 N–H and O–H groups in total. The maximum absolute atomic E-state index is 10.6. The fourth-order valence-corrected chi connectivity index (χ4v) is 1.66. The van der Waals surface area contributed by atoms with Crippen molar-refractivity contribution < 1.29 is 15.0 Å². The van der Waals surface area contributed by atoms with Crippen LogP contribution in [0.3, 0.4) is 0 Å². The van der Waals surface area contributed by atoms with E-state index in [1.807, 2.05) is 0 Å². The Kier molecular flexibility index (Phi) is 2.92. The molecular weight excluding hydrogens is 238 g/mol. The lowest BCUT2D eigenvalue weighted by molar-refractivity contribution is -0.143. The molecule has 0 aromatic carbocycles. The van der Waals surface area contributed by atoms with Crippen LogP contribution in [0.5, 0.6) is 0 Å². The molecule has 0 radical (unpaired) electrons. The smallest absolute Gasteiger partial charge is 0.315 e. The lowest BCUT2D eigenvalue weighted by Crippen LogP contribution is -2.38. The van der Waals surface area contributed by atoms with Gasteiger partial charge in [-0.2, -0.15) is 0 Å². The molecule has 0 aromatic heterocycles. The monoisotopic (exact) mass is 242 g/mol. The molecule has 0 aliphatic heterocycles. The molecule has 0 saturated carbocycles. The van der Waals surface area contributed by atoms with E-state index in [2.05, 4.69) is 0 Å². The molecule has 6 heteroatoms. The minimum absolute atomic E-state index is 0.141. The highest BCUT2D eigenvalue weighted by Gasteiger charge is 2.43. The number of rotatable bonds is 1. The Balaban J connectivity index is 3.12. The number of hydrogen-bond acceptors (Lipinski definition) is 2. The van der Waals surface area contributed by atoms with Gasteiger partial charge in [0.15, 0.2) is 5.06 Å². The van der Waals surface area contributed by atoms with E-state index in [1.54, 1.807) is 0 Å². The lowest BCUT2D eigenvalue weighted by Gasteiger charge is -2.27. The number of hydrogen-bond donors (Lipinski definition) is 2. The van der Waals surface area contributed by atoms with Crippen molar-refractivity contribution in [3.63, 3.8) is 0 Å². The summed E-state index contributed by atoms with van der Waals surface area (Å²) in [5.74, 6) is -2.62. The van der Waals surface area contributed by atoms with Crippen LogP contribution < -0.4 is 0 Å². The SMILES string of the molecule is O=C(O)C1C=C(Cl)C=C(Cl)C1(O)Cl. The zero-order chi connectivity index (χ0) is 10.2. The molecule has 2 atom stereocenters. The van der Waals surface area contributed by atoms with Crippen LogP contribution in [0, 0.1) is 5.92 Å². The third-order valence-electron chi connectivity index (χ3n) is 1.60. The molecule has 1 aliphatic carbocycles. The number of allylic oxidation sites excluding steroid dienone is 2. The maximum Gasteiger partial charge on any atom is 0.315 e. The van der Waals surface area contributed by atoms with Crippen LogP contribution in [0.25, 0.3) is 0 Å². The van der Waals surface area contributed by atoms with Crippen molar-refractivity contribution in [3.8, 4) is 0 Å². The topological polar surface area (TPSA) is 57.5 Å². The highest BCUT2D eigenvalue weighted by molar-refractivity contribution is 6.41. The van der Waals surface area contributed by atoms with Crippen molar-refractivity contribution in [2.24, 2.45) is 5.92 Å². The van der Waals surface area contributed by atoms with E-state index in [-0.39, 0.29) is 10.1 Å². The van der Waals surface area contributed by atoms with Gasteiger partial charge in [0.25, 0.3) is 0 Å². The Morgan fingerprint density at radius 2 is 2.08 bits per heavy atom. The van der Waals surface area contributed by atoms with Gasteiger partial charge in [0.1, 0.15) is 5.92 Å². The molecule has 0 spiro atoms. The standard InChI is InChI=1S/C7H5Cl3O3/c8-3-1-4(6(11)12)7(10,13)5(9)2-3/h1-2,4,13H,(H,11,12). The minimum atomic E-state index is -2.11. The second kappa shape index (κ2) is 3.50. The van der Waals surface area contributed by atoms with E-state index < -0.39 is 16.9 Å². The number of alkyl halides is 1. The number of halogens is 3. The van der Waals surface area contributed by atoms with Crippen LogP contribution in [-0.2, 0) is 4.79 Å². The van der Waals surface area contributed by atoms with Gasteiger partial charge >= 0.3 is 5.97 Å². The zero-order valence-corrected chi connectivity index (χ0v) is 8.44. The van der Waals surface area contributed by atoms with Gasteiger partial charge in [0.2, 0.25) is 0 Å². The Hall–Kier alpha value is -0.220. The molecule has 0 heterocycles. The first-order valence-corrected chi connectivity index (χ1v) is 4.38. The molecule has 0 fully saturated rings. The van der Waals surface area contributed by atoms with E-state index in [4.69, 9.17) is 39.9 Å². The molecular formula is C7H5Cl3O3. The van der Waals surface area contributed by atoms with Crippen LogP contribution >= 0.6 is 34.8 Å². The first kappa shape index (κ1) is 10.9. The van der Waals surface area contributed by atoms with Crippen molar-refractivity contribution >= 4 is 40.8 Å². The summed E-state index contributed by atoms with van der Waals surface area (Å²) in [7, 11) is 0. The summed E-state index contributed by atoms with van der Waals surface area (Å²) in [5, 5.41) is 16.0. The van der Waals surface area contributed by atoms with E-state index in [1.165, 1.54) is 6.08 Å². The minimum Gasteiger partial charge on any atom is -0.481 e. The van der Waals surface area contributed by atoms with Crippen molar-refractivity contribution in [2.45, 2.75) is 5.06 Å². The fraction of sp³-hybridized carbons (Fsp3) is 0.286. The van der Waals surface area contributed by atoms with Crippen LogP contribution in [0.15, 0.2) is 22.2 Å². The fourth-order valence-electron chi connectivity index (χ4n) is 0.924. The van der Waals surface area contributed by atoms with Crippen molar-refractivity contribution in [1.82, 2.24) is 0 Å². The normalized spacial score (nSPS) is 33.7. The van der Waals surface area contributed by atoms with Crippen molar-refractivity contribution in [2.75, 3.05) is 0 Å². The van der Waals surface area contributed by atoms with Gasteiger partial charge in [-0.15, -0.1) is 0 Å². The van der Waals surface area contributed by atoms with E-state index >= 15 is 0 Å². The molecule has 13 heavy (non-hydrogen) atoms. The Labute approximate surface area is 89.2 Å². The average molecular weight is 243 g/mol. The molecule has 0 aromatic rings. The molecule has 1 rings (SSSR count). The van der Waals surface area contributed by atoms with Crippen LogP contribution in [0.2, 0.25) is 0 Å². The summed E-state index contributed by atoms with van der Waals surface area (Å²) in [6.45, 7) is 0. The van der Waals surface area contributed by atoms with Gasteiger partial charge in [-0.05, 0) is 12.2 Å². The largest absolute Gasteiger partial charge is 0.481 e. The summed E-state index contributed by atoms with van der Waals surface area (Å²) >= 11 is 16.6. The maximum atomic E-state index is 10.6. The second-order valence-electron chi connectivity index (χ2n) is 2.53. The molecule has 72 valence electrons. The third-order valence-corrected chi connectivity index (χ3v) is 2.77. The van der Waals surface area contributed by atoms with Crippen LogP contribution in [-0.4, -0.2) is 21.2 Å². The van der Waals surface area contributed by atoms with Crippen LogP contribution in [0.1, 0.15) is 0 Å². The Morgan fingerprint density at radius 1 is 1.54 bits per heavy atom. The molecule has 0 amide bonds. The summed E-state index contributed by atoms with van der Waals surface area (Å²) in [4.78, 5) is 10.6. The molecule has 0 bridgehead atoms. The quantitative estimate of drug-likeness (QED) is 0.691. The number of aliphatic carboxylic acids is 1. The number of carboxylic acids is 1. The van der Waals surface area contributed by atoms with Gasteiger partial charge in [-0.1, -0.05) is 34.8 Å². The number of aliphatic hydroxyl groups is 1. The number of carboxylic acid groups (broad SMARTS) is 1. The van der Waals surface area contributed by atoms with Gasteiger partial charge in [-0.3, -0.25) is 4.79 Å². The lowest BCUT2D eigenvalue weighted by atomic mass is 9.97. The molecule has 1 aliphatic rings. The van der Waals surface area contributed by atoms with E-state index in [0.29, 0.717) is 0 Å².